The number of nitrogens with zero attached hydrogens (tertiary/aromatic N) is 3. The van der Waals surface area contributed by atoms with Crippen molar-refractivity contribution < 1.29 is 18.0 Å². The number of sulfonamides is 1. The predicted octanol–water partition coefficient (Wildman–Crippen LogP) is 2.22. The van der Waals surface area contributed by atoms with E-state index in [0.717, 1.165) is 22.3 Å². The minimum absolute atomic E-state index is 0.0801. The van der Waals surface area contributed by atoms with Crippen molar-refractivity contribution in [2.24, 2.45) is 0 Å². The number of benzene rings is 1. The lowest BCUT2D eigenvalue weighted by atomic mass is 9.94. The van der Waals surface area contributed by atoms with E-state index >= 15 is 0 Å². The molecule has 1 saturated carbocycles. The van der Waals surface area contributed by atoms with Gasteiger partial charge >= 0.3 is 0 Å². The van der Waals surface area contributed by atoms with Gasteiger partial charge in [0.05, 0.1) is 17.1 Å². The Morgan fingerprint density at radius 2 is 1.88 bits per heavy atom. The molecule has 2 aliphatic heterocycles. The van der Waals surface area contributed by atoms with Crippen molar-refractivity contribution in [1.29, 1.82) is 0 Å². The van der Waals surface area contributed by atoms with Gasteiger partial charge in [0, 0.05) is 56.3 Å². The van der Waals surface area contributed by atoms with E-state index in [1.54, 1.807) is 17.0 Å². The molecule has 0 radical (unpaired) electrons. The molecule has 0 unspecified atom stereocenters. The standard InChI is InChI=1S/C22H32N4O4S2/c1-24(16-22(28)26-12-10-25(11-13-26)17-5-3-2-4-6-17)32(29,30)18-7-8-20-19(15-18)23-21(27)9-14-31-20/h7-8,15,17H,2-6,9-14,16H2,1H3,(H,23,27). The highest BCUT2D eigenvalue weighted by molar-refractivity contribution is 7.99. The Kier molecular flexibility index (Phi) is 7.44. The third kappa shape index (κ3) is 5.30. The molecule has 10 heteroatoms. The zero-order chi connectivity index (χ0) is 22.7. The van der Waals surface area contributed by atoms with E-state index in [9.17, 15) is 18.0 Å². The molecular formula is C22H32N4O4S2. The maximum absolute atomic E-state index is 13.1. The normalized spacial score (nSPS) is 21.2. The highest BCUT2D eigenvalue weighted by Crippen LogP contribution is 2.33. The molecule has 0 aromatic heterocycles. The van der Waals surface area contributed by atoms with Gasteiger partial charge in [-0.25, -0.2) is 8.42 Å². The van der Waals surface area contributed by atoms with Crippen molar-refractivity contribution in [3.8, 4) is 0 Å². The molecule has 0 atom stereocenters. The van der Waals surface area contributed by atoms with Crippen LogP contribution in [0, 0.1) is 0 Å². The summed E-state index contributed by atoms with van der Waals surface area (Å²) in [5, 5.41) is 2.77. The summed E-state index contributed by atoms with van der Waals surface area (Å²) < 4.78 is 27.3. The largest absolute Gasteiger partial charge is 0.339 e. The fraction of sp³-hybridized carbons (Fsp3) is 0.636. The number of amides is 2. The summed E-state index contributed by atoms with van der Waals surface area (Å²) in [5.74, 6) is 0.368. The zero-order valence-electron chi connectivity index (χ0n) is 18.6. The summed E-state index contributed by atoms with van der Waals surface area (Å²) in [6, 6.07) is 5.39. The number of carbonyl (C=O) groups excluding carboxylic acids is 2. The lowest BCUT2D eigenvalue weighted by Gasteiger charge is -2.41. The van der Waals surface area contributed by atoms with Crippen molar-refractivity contribution in [2.45, 2.75) is 54.4 Å². The second-order valence-electron chi connectivity index (χ2n) is 8.77. The molecule has 1 aromatic rings. The monoisotopic (exact) mass is 480 g/mol. The van der Waals surface area contributed by atoms with Crippen molar-refractivity contribution in [3.05, 3.63) is 18.2 Å². The number of rotatable bonds is 5. The average Bonchev–Trinajstić information content (AvgIpc) is 2.99. The van der Waals surface area contributed by atoms with Crippen LogP contribution in [0.3, 0.4) is 0 Å². The van der Waals surface area contributed by atoms with Crippen LogP contribution in [0.25, 0.3) is 0 Å². The highest BCUT2D eigenvalue weighted by Gasteiger charge is 2.30. The van der Waals surface area contributed by atoms with Crippen LogP contribution < -0.4 is 5.32 Å². The molecule has 1 aliphatic carbocycles. The lowest BCUT2D eigenvalue weighted by molar-refractivity contribution is -0.133. The number of piperazine rings is 1. The molecule has 0 spiro atoms. The number of anilines is 1. The maximum atomic E-state index is 13.1. The first-order chi connectivity index (χ1) is 15.3. The Bertz CT molecular complexity index is 955. The molecular weight excluding hydrogens is 448 g/mol. The molecule has 1 saturated heterocycles. The van der Waals surface area contributed by atoms with E-state index in [1.807, 2.05) is 0 Å². The Balaban J connectivity index is 1.36. The summed E-state index contributed by atoms with van der Waals surface area (Å²) in [5.41, 5.74) is 0.511. The molecule has 1 N–H and O–H groups in total. The third-order valence-corrected chi connectivity index (χ3v) is 9.51. The number of nitrogens with one attached hydrogen (secondary N) is 1. The van der Waals surface area contributed by atoms with Crippen molar-refractivity contribution >= 4 is 39.3 Å². The predicted molar refractivity (Wildman–Crippen MR) is 125 cm³/mol. The van der Waals surface area contributed by atoms with E-state index in [4.69, 9.17) is 0 Å². The number of likely N-dealkylation sites (N-methyl/N-ethyl adjacent to an activating group) is 1. The first-order valence-electron chi connectivity index (χ1n) is 11.4. The second kappa shape index (κ2) is 10.1. The van der Waals surface area contributed by atoms with Crippen molar-refractivity contribution in [3.63, 3.8) is 0 Å². The van der Waals surface area contributed by atoms with Gasteiger partial charge in [-0.3, -0.25) is 14.5 Å². The molecule has 1 aromatic carbocycles. The lowest BCUT2D eigenvalue weighted by Crippen LogP contribution is -2.54. The molecule has 8 nitrogen and oxygen atoms in total. The van der Waals surface area contributed by atoms with E-state index in [-0.39, 0.29) is 23.3 Å². The van der Waals surface area contributed by atoms with Crippen LogP contribution in [-0.2, 0) is 19.6 Å². The van der Waals surface area contributed by atoms with Gasteiger partial charge in [0.25, 0.3) is 0 Å². The maximum Gasteiger partial charge on any atom is 0.243 e. The summed E-state index contributed by atoms with van der Waals surface area (Å²) in [6.45, 7) is 2.81. The van der Waals surface area contributed by atoms with Gasteiger partial charge in [-0.05, 0) is 31.0 Å². The van der Waals surface area contributed by atoms with E-state index in [1.165, 1.54) is 57.0 Å². The van der Waals surface area contributed by atoms with Gasteiger partial charge in [-0.15, -0.1) is 11.8 Å². The molecule has 2 amide bonds. The Hall–Kier alpha value is -1.62. The van der Waals surface area contributed by atoms with Crippen LogP contribution in [0.1, 0.15) is 38.5 Å². The molecule has 2 heterocycles. The number of thioether (sulfide) groups is 1. The zero-order valence-corrected chi connectivity index (χ0v) is 20.2. The summed E-state index contributed by atoms with van der Waals surface area (Å²) >= 11 is 1.52. The summed E-state index contributed by atoms with van der Waals surface area (Å²) in [7, 11) is -2.41. The Morgan fingerprint density at radius 3 is 2.59 bits per heavy atom. The number of carbonyl (C=O) groups is 2. The number of fused-ring (bicyclic) bond motifs is 1. The van der Waals surface area contributed by atoms with Crippen LogP contribution in [0.4, 0.5) is 5.69 Å². The smallest absolute Gasteiger partial charge is 0.243 e. The Morgan fingerprint density at radius 1 is 1.16 bits per heavy atom. The SMILES string of the molecule is CN(CC(=O)N1CCN(C2CCCCC2)CC1)S(=O)(=O)c1ccc2c(c1)NC(=O)CCS2. The average molecular weight is 481 g/mol. The van der Waals surface area contributed by atoms with E-state index < -0.39 is 10.0 Å². The van der Waals surface area contributed by atoms with Crippen molar-refractivity contribution in [2.75, 3.05) is 50.8 Å². The van der Waals surface area contributed by atoms with Crippen molar-refractivity contribution in [1.82, 2.24) is 14.1 Å². The van der Waals surface area contributed by atoms with Gasteiger partial charge in [-0.2, -0.15) is 4.31 Å². The molecule has 0 bridgehead atoms. The van der Waals surface area contributed by atoms with E-state index in [2.05, 4.69) is 10.2 Å². The number of hydrogen-bond donors (Lipinski definition) is 1. The van der Waals surface area contributed by atoms with Gasteiger partial charge in [0.2, 0.25) is 21.8 Å². The fourth-order valence-corrected chi connectivity index (χ4v) is 6.78. The molecule has 2 fully saturated rings. The summed E-state index contributed by atoms with van der Waals surface area (Å²) in [6.07, 6.45) is 6.79. The molecule has 176 valence electrons. The van der Waals surface area contributed by atoms with Crippen LogP contribution in [0.5, 0.6) is 0 Å². The first kappa shape index (κ1) is 23.5. The number of hydrogen-bond acceptors (Lipinski definition) is 6. The van der Waals surface area contributed by atoms with Crippen LogP contribution >= 0.6 is 11.8 Å². The van der Waals surface area contributed by atoms with E-state index in [0.29, 0.717) is 37.0 Å². The van der Waals surface area contributed by atoms with Gasteiger partial charge < -0.3 is 10.2 Å². The topological polar surface area (TPSA) is 90.0 Å². The third-order valence-electron chi connectivity index (χ3n) is 6.64. The van der Waals surface area contributed by atoms with Gasteiger partial charge in [-0.1, -0.05) is 19.3 Å². The molecule has 32 heavy (non-hydrogen) atoms. The second-order valence-corrected chi connectivity index (χ2v) is 12.0. The minimum atomic E-state index is -3.85. The van der Waals surface area contributed by atoms with Gasteiger partial charge in [0.1, 0.15) is 0 Å². The molecule has 3 aliphatic rings. The molecule has 4 rings (SSSR count). The fourth-order valence-electron chi connectivity index (χ4n) is 4.70. The minimum Gasteiger partial charge on any atom is -0.339 e. The Labute approximate surface area is 194 Å². The highest BCUT2D eigenvalue weighted by atomic mass is 32.2. The van der Waals surface area contributed by atoms with Crippen LogP contribution in [0.15, 0.2) is 28.0 Å². The van der Waals surface area contributed by atoms with Crippen LogP contribution in [0.2, 0.25) is 0 Å². The first-order valence-corrected chi connectivity index (χ1v) is 13.8. The summed E-state index contributed by atoms with van der Waals surface area (Å²) in [4.78, 5) is 29.9. The quantitative estimate of drug-likeness (QED) is 0.695. The van der Waals surface area contributed by atoms with Crippen LogP contribution in [-0.4, -0.2) is 85.9 Å². The van der Waals surface area contributed by atoms with Gasteiger partial charge in [0.15, 0.2) is 0 Å².